The number of aliphatic imine (C=N–C) groups is 1. The smallest absolute Gasteiger partial charge is 0.239 e. The molecule has 1 amide bonds. The minimum Gasteiger partial charge on any atom is -0.304 e. The molecule has 3 rings (SSSR count). The maximum absolute atomic E-state index is 11.7. The van der Waals surface area contributed by atoms with Crippen LogP contribution in [0.25, 0.3) is 0 Å². The van der Waals surface area contributed by atoms with E-state index < -0.39 is 0 Å². The van der Waals surface area contributed by atoms with E-state index >= 15 is 0 Å². The zero-order chi connectivity index (χ0) is 12.7. The first-order chi connectivity index (χ1) is 8.63. The van der Waals surface area contributed by atoms with Crippen LogP contribution in [0.4, 0.5) is 0 Å². The van der Waals surface area contributed by atoms with Crippen molar-refractivity contribution in [1.82, 2.24) is 5.32 Å². The largest absolute Gasteiger partial charge is 0.304 e. The van der Waals surface area contributed by atoms with E-state index in [4.69, 9.17) is 0 Å². The predicted molar refractivity (Wildman–Crippen MR) is 75.6 cm³/mol. The number of hydrogen-bond donors (Lipinski definition) is 1. The average Bonchev–Trinajstić information content (AvgIpc) is 3.00. The maximum atomic E-state index is 11.7. The van der Waals surface area contributed by atoms with E-state index in [-0.39, 0.29) is 11.2 Å². The molecule has 0 spiro atoms. The van der Waals surface area contributed by atoms with Crippen molar-refractivity contribution >= 4 is 22.8 Å². The molecule has 4 heteroatoms. The van der Waals surface area contributed by atoms with Gasteiger partial charge in [0.2, 0.25) is 5.91 Å². The van der Waals surface area contributed by atoms with Crippen LogP contribution in [0.5, 0.6) is 0 Å². The molecular formula is C14H22N2OS. The summed E-state index contributed by atoms with van der Waals surface area (Å²) < 4.78 is 0. The van der Waals surface area contributed by atoms with Crippen molar-refractivity contribution in [3.8, 4) is 0 Å². The molecule has 2 saturated carbocycles. The van der Waals surface area contributed by atoms with E-state index in [1.165, 1.54) is 25.7 Å². The molecule has 3 aliphatic rings. The molecule has 0 aromatic rings. The lowest BCUT2D eigenvalue weighted by molar-refractivity contribution is -0.119. The van der Waals surface area contributed by atoms with Gasteiger partial charge in [-0.1, -0.05) is 32.0 Å². The Hall–Kier alpha value is -0.510. The molecule has 0 unspecified atom stereocenters. The number of rotatable bonds is 3. The predicted octanol–water partition coefficient (Wildman–Crippen LogP) is 2.67. The number of hydrogen-bond acceptors (Lipinski definition) is 3. The second-order valence-electron chi connectivity index (χ2n) is 6.35. The monoisotopic (exact) mass is 266 g/mol. The number of fused-ring (bicyclic) bond motifs is 2. The fourth-order valence-corrected chi connectivity index (χ4v) is 4.68. The Balaban J connectivity index is 1.56. The quantitative estimate of drug-likeness (QED) is 0.853. The molecule has 4 atom stereocenters. The Bertz CT molecular complexity index is 380. The summed E-state index contributed by atoms with van der Waals surface area (Å²) in [6, 6.07) is 0. The highest BCUT2D eigenvalue weighted by molar-refractivity contribution is 8.15. The third-order valence-electron chi connectivity index (χ3n) is 4.69. The zero-order valence-electron chi connectivity index (χ0n) is 11.2. The highest BCUT2D eigenvalue weighted by atomic mass is 32.2. The third-order valence-corrected chi connectivity index (χ3v) is 6.15. The maximum Gasteiger partial charge on any atom is 0.239 e. The molecule has 0 radical (unpaired) electrons. The van der Waals surface area contributed by atoms with Crippen molar-refractivity contribution in [2.24, 2.45) is 28.7 Å². The molecule has 1 heterocycles. The molecular weight excluding hydrogens is 244 g/mol. The lowest BCUT2D eigenvalue weighted by Gasteiger charge is -2.19. The van der Waals surface area contributed by atoms with Crippen molar-refractivity contribution < 1.29 is 4.79 Å². The van der Waals surface area contributed by atoms with Crippen LogP contribution in [-0.2, 0) is 4.79 Å². The Morgan fingerprint density at radius 1 is 1.39 bits per heavy atom. The number of amidine groups is 1. The molecule has 2 aliphatic carbocycles. The normalized spacial score (nSPS) is 41.1. The number of nitrogens with one attached hydrogen (secondary N) is 1. The van der Waals surface area contributed by atoms with Crippen LogP contribution >= 0.6 is 11.8 Å². The molecule has 0 aromatic carbocycles. The molecule has 3 fully saturated rings. The molecule has 1 saturated heterocycles. The van der Waals surface area contributed by atoms with Crippen LogP contribution in [0.1, 0.15) is 39.5 Å². The van der Waals surface area contributed by atoms with Crippen molar-refractivity contribution in [1.29, 1.82) is 0 Å². The van der Waals surface area contributed by atoms with E-state index in [1.807, 2.05) is 0 Å². The van der Waals surface area contributed by atoms with Crippen LogP contribution in [-0.4, -0.2) is 22.9 Å². The molecule has 1 aliphatic heterocycles. The second-order valence-corrected chi connectivity index (χ2v) is 7.48. The van der Waals surface area contributed by atoms with E-state index in [0.29, 0.717) is 5.92 Å². The summed E-state index contributed by atoms with van der Waals surface area (Å²) in [5.41, 5.74) is 0. The van der Waals surface area contributed by atoms with Crippen molar-refractivity contribution in [2.45, 2.75) is 44.8 Å². The van der Waals surface area contributed by atoms with Gasteiger partial charge in [0.25, 0.3) is 0 Å². The van der Waals surface area contributed by atoms with Gasteiger partial charge in [-0.3, -0.25) is 9.79 Å². The summed E-state index contributed by atoms with van der Waals surface area (Å²) in [6.45, 7) is 5.11. The van der Waals surface area contributed by atoms with Gasteiger partial charge >= 0.3 is 0 Å². The topological polar surface area (TPSA) is 41.5 Å². The second kappa shape index (κ2) is 4.87. The van der Waals surface area contributed by atoms with Crippen LogP contribution in [0, 0.1) is 23.7 Å². The summed E-state index contributed by atoms with van der Waals surface area (Å²) >= 11 is 1.62. The average molecular weight is 266 g/mol. The first-order valence-corrected chi connectivity index (χ1v) is 8.03. The molecule has 18 heavy (non-hydrogen) atoms. The summed E-state index contributed by atoms with van der Waals surface area (Å²) in [4.78, 5) is 16.4. The fraction of sp³-hybridized carbons (Fsp3) is 0.857. The van der Waals surface area contributed by atoms with Crippen LogP contribution < -0.4 is 5.32 Å². The Kier molecular flexibility index (Phi) is 3.39. The Morgan fingerprint density at radius 3 is 2.78 bits per heavy atom. The van der Waals surface area contributed by atoms with E-state index in [2.05, 4.69) is 24.2 Å². The van der Waals surface area contributed by atoms with Gasteiger partial charge in [-0.2, -0.15) is 0 Å². The highest BCUT2D eigenvalue weighted by Gasteiger charge is 2.39. The van der Waals surface area contributed by atoms with Crippen molar-refractivity contribution in [3.05, 3.63) is 0 Å². The molecule has 2 bridgehead atoms. The van der Waals surface area contributed by atoms with Gasteiger partial charge in [0.15, 0.2) is 5.17 Å². The highest BCUT2D eigenvalue weighted by Crippen LogP contribution is 2.48. The minimum absolute atomic E-state index is 0.0591. The van der Waals surface area contributed by atoms with Gasteiger partial charge in [-0.05, 0) is 42.9 Å². The summed E-state index contributed by atoms with van der Waals surface area (Å²) in [5.74, 6) is 3.20. The summed E-state index contributed by atoms with van der Waals surface area (Å²) in [7, 11) is 0. The number of carbonyl (C=O) groups is 1. The molecule has 100 valence electrons. The van der Waals surface area contributed by atoms with Crippen LogP contribution in [0.3, 0.4) is 0 Å². The van der Waals surface area contributed by atoms with E-state index in [1.54, 1.807) is 11.8 Å². The molecule has 0 aromatic heterocycles. The first kappa shape index (κ1) is 12.5. The lowest BCUT2D eigenvalue weighted by Crippen LogP contribution is -2.28. The van der Waals surface area contributed by atoms with Gasteiger partial charge in [0, 0.05) is 6.54 Å². The number of amides is 1. The van der Waals surface area contributed by atoms with Crippen LogP contribution in [0.15, 0.2) is 4.99 Å². The van der Waals surface area contributed by atoms with Crippen molar-refractivity contribution in [3.63, 3.8) is 0 Å². The van der Waals surface area contributed by atoms with Gasteiger partial charge < -0.3 is 5.32 Å². The van der Waals surface area contributed by atoms with E-state index in [9.17, 15) is 4.79 Å². The molecule has 3 nitrogen and oxygen atoms in total. The fourth-order valence-electron chi connectivity index (χ4n) is 3.70. The standard InChI is InChI=1S/C14H22N2OS/c1-8(2)12-13(17)16-14(18-12)15-7-11-6-9-3-4-10(11)5-9/h8-12H,3-7H2,1-2H3,(H,15,16,17)/t9-,10+,11-,12+/m1/s1. The third kappa shape index (κ3) is 2.31. The minimum atomic E-state index is 0.0591. The van der Waals surface area contributed by atoms with E-state index in [0.717, 1.165) is 29.5 Å². The zero-order valence-corrected chi connectivity index (χ0v) is 12.0. The SMILES string of the molecule is CC(C)[C@@H]1SC(=NC[C@H]2C[C@@H]3CC[C@H]2C3)NC1=O. The Labute approximate surface area is 113 Å². The van der Waals surface area contributed by atoms with Gasteiger partial charge in [-0.25, -0.2) is 0 Å². The Morgan fingerprint density at radius 2 is 2.22 bits per heavy atom. The number of carbonyl (C=O) groups excluding carboxylic acids is 1. The molecule has 1 N–H and O–H groups in total. The first-order valence-electron chi connectivity index (χ1n) is 7.15. The van der Waals surface area contributed by atoms with Gasteiger partial charge in [-0.15, -0.1) is 0 Å². The summed E-state index contributed by atoms with van der Waals surface area (Å²) in [6.07, 6.45) is 5.66. The summed E-state index contributed by atoms with van der Waals surface area (Å²) in [5, 5.41) is 3.85. The number of nitrogens with zero attached hydrogens (tertiary/aromatic N) is 1. The lowest BCUT2D eigenvalue weighted by atomic mass is 9.89. The number of thioether (sulfide) groups is 1. The van der Waals surface area contributed by atoms with Crippen molar-refractivity contribution in [2.75, 3.05) is 6.54 Å². The van der Waals surface area contributed by atoms with Gasteiger partial charge in [0.1, 0.15) is 0 Å². The van der Waals surface area contributed by atoms with Crippen LogP contribution in [0.2, 0.25) is 0 Å². The van der Waals surface area contributed by atoms with Gasteiger partial charge in [0.05, 0.1) is 5.25 Å².